The van der Waals surface area contributed by atoms with Gasteiger partial charge >= 0.3 is 0 Å². The lowest BCUT2D eigenvalue weighted by Crippen LogP contribution is -2.08. The molecular weight excluding hydrogens is 306 g/mol. The molecule has 25 heavy (non-hydrogen) atoms. The Bertz CT molecular complexity index is 645. The molecule has 2 rings (SSSR count). The maximum Gasteiger partial charge on any atom is 0.0988 e. The van der Waals surface area contributed by atoms with Crippen molar-refractivity contribution in [2.24, 2.45) is 17.8 Å². The first-order valence-electron chi connectivity index (χ1n) is 9.22. The highest BCUT2D eigenvalue weighted by atomic mass is 15.1. The summed E-state index contributed by atoms with van der Waals surface area (Å²) >= 11 is 0. The van der Waals surface area contributed by atoms with Gasteiger partial charge in [-0.3, -0.25) is 4.98 Å². The third-order valence-corrected chi connectivity index (χ3v) is 4.06. The first kappa shape index (κ1) is 21.0. The second-order valence-corrected chi connectivity index (χ2v) is 7.65. The van der Waals surface area contributed by atoms with Crippen molar-refractivity contribution in [3.05, 3.63) is 41.7 Å². The van der Waals surface area contributed by atoms with Gasteiger partial charge in [0.2, 0.25) is 0 Å². The van der Waals surface area contributed by atoms with Gasteiger partial charge in [0.25, 0.3) is 0 Å². The second kappa shape index (κ2) is 10.0. The van der Waals surface area contributed by atoms with Crippen molar-refractivity contribution in [3.8, 4) is 6.07 Å². The van der Waals surface area contributed by atoms with Gasteiger partial charge in [-0.05, 0) is 54.9 Å². The van der Waals surface area contributed by atoms with E-state index in [2.05, 4.69) is 49.7 Å². The molecule has 2 atom stereocenters. The van der Waals surface area contributed by atoms with Gasteiger partial charge in [-0.1, -0.05) is 40.2 Å². The van der Waals surface area contributed by atoms with Gasteiger partial charge in [0.1, 0.15) is 0 Å². The lowest BCUT2D eigenvalue weighted by atomic mass is 10.1. The Balaban J connectivity index is 0.000000705. The number of nitrogens with zero attached hydrogens (tertiary/aromatic N) is 3. The van der Waals surface area contributed by atoms with E-state index in [1.54, 1.807) is 0 Å². The van der Waals surface area contributed by atoms with Crippen LogP contribution in [-0.4, -0.2) is 19.1 Å². The number of anilines is 1. The van der Waals surface area contributed by atoms with Crippen LogP contribution in [0.2, 0.25) is 0 Å². The Morgan fingerprint density at radius 2 is 2.04 bits per heavy atom. The first-order chi connectivity index (χ1) is 11.8. The van der Waals surface area contributed by atoms with Crippen molar-refractivity contribution in [3.63, 3.8) is 0 Å². The van der Waals surface area contributed by atoms with Crippen LogP contribution in [0.5, 0.6) is 0 Å². The van der Waals surface area contributed by atoms with Crippen LogP contribution in [0, 0.1) is 29.1 Å². The Labute approximate surface area is 154 Å². The number of aromatic nitrogens is 1. The molecule has 3 heteroatoms. The van der Waals surface area contributed by atoms with Crippen LogP contribution >= 0.6 is 0 Å². The van der Waals surface area contributed by atoms with Crippen molar-refractivity contribution in [2.75, 3.05) is 19.0 Å². The Hall–Kier alpha value is -2.08. The molecule has 136 valence electrons. The quantitative estimate of drug-likeness (QED) is 0.509. The largest absolute Gasteiger partial charge is 0.378 e. The minimum absolute atomic E-state index is 0.592. The zero-order valence-corrected chi connectivity index (χ0v) is 16.9. The minimum atomic E-state index is 0.592. The summed E-state index contributed by atoms with van der Waals surface area (Å²) in [6.07, 6.45) is 8.31. The van der Waals surface area contributed by atoms with Crippen LogP contribution in [0.1, 0.15) is 53.2 Å². The third-order valence-electron chi connectivity index (χ3n) is 4.06. The lowest BCUT2D eigenvalue weighted by Gasteiger charge is -2.13. The molecule has 1 aliphatic rings. The molecule has 1 aromatic heterocycles. The van der Waals surface area contributed by atoms with E-state index in [1.165, 1.54) is 12.8 Å². The summed E-state index contributed by atoms with van der Waals surface area (Å²) in [5.74, 6) is 2.20. The fraction of sp³-hybridized carbons (Fsp3) is 0.545. The zero-order valence-electron chi connectivity index (χ0n) is 16.9. The number of hydrogen-bond donors (Lipinski definition) is 0. The Morgan fingerprint density at radius 1 is 1.40 bits per heavy atom. The van der Waals surface area contributed by atoms with Crippen molar-refractivity contribution >= 4 is 11.3 Å². The predicted octanol–water partition coefficient (Wildman–Crippen LogP) is 5.71. The third kappa shape index (κ3) is 7.56. The molecule has 0 bridgehead atoms. The Morgan fingerprint density at radius 3 is 2.52 bits per heavy atom. The van der Waals surface area contributed by atoms with Gasteiger partial charge < -0.3 is 4.90 Å². The van der Waals surface area contributed by atoms with Gasteiger partial charge in [-0.25, -0.2) is 0 Å². The lowest BCUT2D eigenvalue weighted by molar-refractivity contribution is 0.737. The summed E-state index contributed by atoms with van der Waals surface area (Å²) in [4.78, 5) is 6.45. The van der Waals surface area contributed by atoms with Crippen LogP contribution in [0.4, 0.5) is 5.69 Å². The van der Waals surface area contributed by atoms with Gasteiger partial charge in [0.05, 0.1) is 11.8 Å². The van der Waals surface area contributed by atoms with Gasteiger partial charge in [0.15, 0.2) is 0 Å². The molecule has 3 nitrogen and oxygen atoms in total. The van der Waals surface area contributed by atoms with Gasteiger partial charge in [-0.2, -0.15) is 5.26 Å². The highest BCUT2D eigenvalue weighted by Crippen LogP contribution is 2.42. The Kier molecular flexibility index (Phi) is 8.41. The van der Waals surface area contributed by atoms with Gasteiger partial charge in [0, 0.05) is 31.6 Å². The van der Waals surface area contributed by atoms with Gasteiger partial charge in [-0.15, -0.1) is 0 Å². The first-order valence-corrected chi connectivity index (χ1v) is 9.22. The molecule has 0 radical (unpaired) electrons. The summed E-state index contributed by atoms with van der Waals surface area (Å²) in [6, 6.07) is 6.33. The fourth-order valence-corrected chi connectivity index (χ4v) is 2.51. The van der Waals surface area contributed by atoms with Crippen LogP contribution in [-0.2, 0) is 0 Å². The van der Waals surface area contributed by atoms with Crippen LogP contribution in [0.15, 0.2) is 36.1 Å². The average Bonchev–Trinajstić information content (AvgIpc) is 3.31. The molecule has 0 aromatic carbocycles. The van der Waals surface area contributed by atoms with E-state index < -0.39 is 0 Å². The molecule has 1 fully saturated rings. The molecule has 1 heterocycles. The molecule has 0 N–H and O–H groups in total. The molecule has 2 unspecified atom stereocenters. The number of hydrogen-bond acceptors (Lipinski definition) is 3. The van der Waals surface area contributed by atoms with E-state index in [1.807, 2.05) is 45.4 Å². The van der Waals surface area contributed by atoms with Crippen molar-refractivity contribution in [1.82, 2.24) is 4.98 Å². The van der Waals surface area contributed by atoms with Crippen molar-refractivity contribution in [2.45, 2.75) is 47.5 Å². The van der Waals surface area contributed by atoms with E-state index in [0.29, 0.717) is 5.92 Å². The number of rotatable bonds is 5. The minimum Gasteiger partial charge on any atom is -0.378 e. The summed E-state index contributed by atoms with van der Waals surface area (Å²) in [5.41, 5.74) is 3.82. The highest BCUT2D eigenvalue weighted by molar-refractivity contribution is 5.68. The van der Waals surface area contributed by atoms with E-state index >= 15 is 0 Å². The molecular formula is C22H33N3. The maximum absolute atomic E-state index is 9.31. The molecule has 0 aliphatic heterocycles. The average molecular weight is 340 g/mol. The van der Waals surface area contributed by atoms with Crippen molar-refractivity contribution in [1.29, 1.82) is 5.26 Å². The maximum atomic E-state index is 9.31. The molecule has 0 amide bonds. The van der Waals surface area contributed by atoms with E-state index in [0.717, 1.165) is 34.4 Å². The summed E-state index contributed by atoms with van der Waals surface area (Å²) < 4.78 is 0. The normalized spacial score (nSPS) is 19.8. The van der Waals surface area contributed by atoms with Crippen LogP contribution in [0.3, 0.4) is 0 Å². The highest BCUT2D eigenvalue weighted by Gasteiger charge is 2.33. The number of allylic oxidation sites excluding steroid dienone is 4. The van der Waals surface area contributed by atoms with E-state index in [-0.39, 0.29) is 0 Å². The zero-order chi connectivity index (χ0) is 19.0. The molecule has 1 saturated carbocycles. The van der Waals surface area contributed by atoms with E-state index in [9.17, 15) is 5.26 Å². The molecule has 1 aliphatic carbocycles. The molecule has 1 aromatic rings. The summed E-state index contributed by atoms with van der Waals surface area (Å²) in [5, 5.41) is 9.31. The monoisotopic (exact) mass is 339 g/mol. The second-order valence-electron chi connectivity index (χ2n) is 7.65. The smallest absolute Gasteiger partial charge is 0.0988 e. The van der Waals surface area contributed by atoms with Crippen molar-refractivity contribution < 1.29 is 0 Å². The van der Waals surface area contributed by atoms with E-state index in [4.69, 9.17) is 0 Å². The molecule has 0 saturated heterocycles. The standard InChI is InChI=1S/C18H23N3.C4H10/c1-5-15-10-16(15)9-14(12-19)8-13(2)18-11-17(21(3)4)6-7-20-18;1-4(2)3/h6-9,11,15-16H,5,10H2,1-4H3;4H,1-3H3/b13-8+,14-9+;. The topological polar surface area (TPSA) is 39.9 Å². The SMILES string of the molecule is CC(C)C.CCC1CC1/C=C(C#N)\C=C(/C)c1cc(N(C)C)ccn1. The number of nitriles is 1. The predicted molar refractivity (Wildman–Crippen MR) is 108 cm³/mol. The fourth-order valence-electron chi connectivity index (χ4n) is 2.51. The summed E-state index contributed by atoms with van der Waals surface area (Å²) in [7, 11) is 4.02. The van der Waals surface area contributed by atoms with Crippen LogP contribution in [0.25, 0.3) is 5.57 Å². The summed E-state index contributed by atoms with van der Waals surface area (Å²) in [6.45, 7) is 10.7. The number of pyridine rings is 1. The van der Waals surface area contributed by atoms with Crippen LogP contribution < -0.4 is 4.90 Å². The molecule has 0 spiro atoms.